The Bertz CT molecular complexity index is 1270. The number of nitrogens with zero attached hydrogens (tertiary/aromatic N) is 3. The molecule has 0 radical (unpaired) electrons. The number of carbonyl (C=O) groups is 2. The quantitative estimate of drug-likeness (QED) is 0.618. The fourth-order valence-electron chi connectivity index (χ4n) is 3.99. The molecule has 0 fully saturated rings. The lowest BCUT2D eigenvalue weighted by atomic mass is 10.1. The van der Waals surface area contributed by atoms with Crippen LogP contribution in [0.2, 0.25) is 0 Å². The molecule has 4 rings (SSSR count). The summed E-state index contributed by atoms with van der Waals surface area (Å²) in [4.78, 5) is 24.6. The molecule has 1 aliphatic rings. The minimum absolute atomic E-state index is 0.169. The number of amides is 1. The van der Waals surface area contributed by atoms with Crippen LogP contribution in [0.4, 0.5) is 5.69 Å². The van der Waals surface area contributed by atoms with E-state index in [2.05, 4.69) is 5.10 Å². The molecule has 1 amide bonds. The lowest BCUT2D eigenvalue weighted by Gasteiger charge is -2.14. The molecule has 156 valence electrons. The summed E-state index contributed by atoms with van der Waals surface area (Å²) in [5, 5.41) is 15.3. The van der Waals surface area contributed by atoms with E-state index < -0.39 is 5.97 Å². The molecule has 0 spiro atoms. The van der Waals surface area contributed by atoms with Crippen LogP contribution in [-0.2, 0) is 4.79 Å². The average molecular weight is 413 g/mol. The highest BCUT2D eigenvalue weighted by Crippen LogP contribution is 2.29. The van der Waals surface area contributed by atoms with Crippen molar-refractivity contribution < 1.29 is 14.7 Å². The molecule has 3 aromatic rings. The summed E-state index contributed by atoms with van der Waals surface area (Å²) in [6.07, 6.45) is 1.86. The van der Waals surface area contributed by atoms with Gasteiger partial charge in [0.15, 0.2) is 0 Å². The monoisotopic (exact) mass is 413 g/mol. The fourth-order valence-corrected chi connectivity index (χ4v) is 3.99. The van der Waals surface area contributed by atoms with Crippen molar-refractivity contribution in [2.45, 2.75) is 27.7 Å². The molecular formula is C25H23N3O3. The number of hydrogen-bond acceptors (Lipinski definition) is 3. The number of benzene rings is 2. The molecule has 6 nitrogen and oxygen atoms in total. The van der Waals surface area contributed by atoms with Crippen LogP contribution in [0, 0.1) is 20.8 Å². The lowest BCUT2D eigenvalue weighted by molar-refractivity contribution is -0.114. The van der Waals surface area contributed by atoms with Crippen molar-refractivity contribution >= 4 is 29.4 Å². The molecule has 0 aliphatic carbocycles. The van der Waals surface area contributed by atoms with Gasteiger partial charge in [-0.1, -0.05) is 24.3 Å². The molecule has 2 aromatic carbocycles. The standard InChI is InChI=1S/C25H23N3O3/c1-15-13-19(18(4)27(15)23-12-8-11-21(16(23)2)25(30)31)14-22-17(3)26-28(24(22)29)20-9-6-5-7-10-20/h5-14H,1-4H3,(H,30,31)/b22-14+. The summed E-state index contributed by atoms with van der Waals surface area (Å²) in [6, 6.07) is 16.6. The Morgan fingerprint density at radius 3 is 2.39 bits per heavy atom. The fraction of sp³-hybridized carbons (Fsp3) is 0.160. The van der Waals surface area contributed by atoms with Crippen LogP contribution in [0.15, 0.2) is 65.3 Å². The number of aromatic nitrogens is 1. The molecule has 0 unspecified atom stereocenters. The van der Waals surface area contributed by atoms with Crippen LogP contribution in [0.25, 0.3) is 11.8 Å². The van der Waals surface area contributed by atoms with E-state index in [1.807, 2.05) is 80.8 Å². The van der Waals surface area contributed by atoms with Gasteiger partial charge < -0.3 is 9.67 Å². The molecular weight excluding hydrogens is 390 g/mol. The number of hydrogen-bond donors (Lipinski definition) is 1. The molecule has 0 atom stereocenters. The molecule has 0 saturated carbocycles. The third-order valence-corrected chi connectivity index (χ3v) is 5.61. The Kier molecular flexibility index (Phi) is 5.07. The van der Waals surface area contributed by atoms with Crippen molar-refractivity contribution in [2.75, 3.05) is 5.01 Å². The van der Waals surface area contributed by atoms with Gasteiger partial charge in [-0.25, -0.2) is 4.79 Å². The number of aromatic carboxylic acids is 1. The van der Waals surface area contributed by atoms with Gasteiger partial charge in [0.1, 0.15) is 0 Å². The van der Waals surface area contributed by atoms with E-state index in [1.54, 1.807) is 12.1 Å². The predicted molar refractivity (Wildman–Crippen MR) is 122 cm³/mol. The van der Waals surface area contributed by atoms with Crippen LogP contribution < -0.4 is 5.01 Å². The number of hydrazone groups is 1. The van der Waals surface area contributed by atoms with Gasteiger partial charge in [0.25, 0.3) is 5.91 Å². The van der Waals surface area contributed by atoms with Gasteiger partial charge in [0, 0.05) is 17.1 Å². The first kappa shape index (κ1) is 20.3. The molecule has 1 aliphatic heterocycles. The maximum Gasteiger partial charge on any atom is 0.336 e. The van der Waals surface area contributed by atoms with E-state index in [-0.39, 0.29) is 11.5 Å². The lowest BCUT2D eigenvalue weighted by Crippen LogP contribution is -2.21. The zero-order valence-corrected chi connectivity index (χ0v) is 17.9. The Hall–Kier alpha value is -3.93. The van der Waals surface area contributed by atoms with Crippen LogP contribution in [0.3, 0.4) is 0 Å². The third kappa shape index (κ3) is 3.46. The number of carboxylic acid groups (broad SMARTS) is 1. The Balaban J connectivity index is 1.76. The highest BCUT2D eigenvalue weighted by atomic mass is 16.4. The van der Waals surface area contributed by atoms with E-state index in [0.29, 0.717) is 16.8 Å². The highest BCUT2D eigenvalue weighted by Gasteiger charge is 2.29. The molecule has 31 heavy (non-hydrogen) atoms. The zero-order valence-electron chi connectivity index (χ0n) is 17.9. The van der Waals surface area contributed by atoms with Gasteiger partial charge in [-0.15, -0.1) is 0 Å². The summed E-state index contributed by atoms with van der Waals surface area (Å²) >= 11 is 0. The number of carbonyl (C=O) groups excluding carboxylic acids is 1. The molecule has 6 heteroatoms. The average Bonchev–Trinajstić information content (AvgIpc) is 3.18. The van der Waals surface area contributed by atoms with Gasteiger partial charge >= 0.3 is 5.97 Å². The minimum atomic E-state index is -0.950. The minimum Gasteiger partial charge on any atom is -0.478 e. The SMILES string of the molecule is CC1=NN(c2ccccc2)C(=O)/C1=C/c1cc(C)n(-c2cccc(C(=O)O)c2C)c1C. The van der Waals surface area contributed by atoms with Crippen molar-refractivity contribution in [2.24, 2.45) is 5.10 Å². The summed E-state index contributed by atoms with van der Waals surface area (Å²) in [5.74, 6) is -1.12. The first-order valence-electron chi connectivity index (χ1n) is 9.98. The van der Waals surface area contributed by atoms with Crippen LogP contribution in [0.1, 0.15) is 39.8 Å². The second-order valence-corrected chi connectivity index (χ2v) is 7.61. The maximum absolute atomic E-state index is 13.0. The largest absolute Gasteiger partial charge is 0.478 e. The summed E-state index contributed by atoms with van der Waals surface area (Å²) in [7, 11) is 0. The van der Waals surface area contributed by atoms with Crippen molar-refractivity contribution in [1.29, 1.82) is 0 Å². The molecule has 0 saturated heterocycles. The summed E-state index contributed by atoms with van der Waals surface area (Å²) < 4.78 is 2.02. The van der Waals surface area contributed by atoms with Crippen LogP contribution in [-0.4, -0.2) is 27.3 Å². The van der Waals surface area contributed by atoms with Gasteiger partial charge in [-0.2, -0.15) is 10.1 Å². The topological polar surface area (TPSA) is 74.9 Å². The first-order chi connectivity index (χ1) is 14.8. The molecule has 0 bridgehead atoms. The molecule has 2 heterocycles. The van der Waals surface area contributed by atoms with E-state index in [4.69, 9.17) is 0 Å². The maximum atomic E-state index is 13.0. The summed E-state index contributed by atoms with van der Waals surface area (Å²) in [5.41, 5.74) is 6.48. The summed E-state index contributed by atoms with van der Waals surface area (Å²) in [6.45, 7) is 7.57. The second-order valence-electron chi connectivity index (χ2n) is 7.61. The van der Waals surface area contributed by atoms with E-state index in [1.165, 1.54) is 5.01 Å². The first-order valence-corrected chi connectivity index (χ1v) is 9.98. The van der Waals surface area contributed by atoms with Crippen molar-refractivity contribution in [3.63, 3.8) is 0 Å². The molecule has 1 aromatic heterocycles. The molecule has 1 N–H and O–H groups in total. The number of rotatable bonds is 4. The predicted octanol–water partition coefficient (Wildman–Crippen LogP) is 4.91. The zero-order chi connectivity index (χ0) is 22.3. The number of para-hydroxylation sites is 1. The normalized spacial score (nSPS) is 15.0. The van der Waals surface area contributed by atoms with E-state index in [0.717, 1.165) is 28.3 Å². The number of aryl methyl sites for hydroxylation is 1. The Morgan fingerprint density at radius 2 is 1.71 bits per heavy atom. The number of anilines is 1. The van der Waals surface area contributed by atoms with Crippen molar-refractivity contribution in [3.05, 3.63) is 88.2 Å². The van der Waals surface area contributed by atoms with Crippen LogP contribution >= 0.6 is 0 Å². The number of carboxylic acids is 1. The Morgan fingerprint density at radius 1 is 1.00 bits per heavy atom. The van der Waals surface area contributed by atoms with Gasteiger partial charge in [0.2, 0.25) is 0 Å². The Labute approximate surface area is 180 Å². The van der Waals surface area contributed by atoms with Crippen LogP contribution in [0.5, 0.6) is 0 Å². The van der Waals surface area contributed by atoms with Gasteiger partial charge in [-0.3, -0.25) is 4.79 Å². The smallest absolute Gasteiger partial charge is 0.336 e. The highest BCUT2D eigenvalue weighted by molar-refractivity contribution is 6.32. The van der Waals surface area contributed by atoms with Crippen molar-refractivity contribution in [1.82, 2.24) is 4.57 Å². The van der Waals surface area contributed by atoms with Gasteiger partial charge in [0.05, 0.1) is 22.5 Å². The third-order valence-electron chi connectivity index (χ3n) is 5.61. The van der Waals surface area contributed by atoms with E-state index >= 15 is 0 Å². The van der Waals surface area contributed by atoms with Crippen molar-refractivity contribution in [3.8, 4) is 5.69 Å². The van der Waals surface area contributed by atoms with Gasteiger partial charge in [-0.05, 0) is 75.2 Å². The second kappa shape index (κ2) is 7.72. The van der Waals surface area contributed by atoms with E-state index in [9.17, 15) is 14.7 Å².